The maximum Gasteiger partial charge on any atom is 0.326 e. The fourth-order valence-corrected chi connectivity index (χ4v) is 3.34. The largest absolute Gasteiger partial charge is 0.480 e. The van der Waals surface area contributed by atoms with Crippen LogP contribution in [-0.2, 0) is 19.2 Å². The van der Waals surface area contributed by atoms with Gasteiger partial charge >= 0.3 is 5.97 Å². The third kappa shape index (κ3) is 12.2. The third-order valence-electron chi connectivity index (χ3n) is 4.69. The van der Waals surface area contributed by atoms with Crippen LogP contribution in [0.5, 0.6) is 0 Å². The average molecular weight is 478 g/mol. The van der Waals surface area contributed by atoms with Gasteiger partial charge in [0.1, 0.15) is 18.1 Å². The molecule has 4 atom stereocenters. The van der Waals surface area contributed by atoms with E-state index in [-0.39, 0.29) is 18.8 Å². The van der Waals surface area contributed by atoms with E-state index in [4.69, 9.17) is 11.5 Å². The molecule has 0 aliphatic carbocycles. The molecule has 0 aromatic carbocycles. The number of amides is 3. The number of carbonyl (C=O) groups is 4. The van der Waals surface area contributed by atoms with E-state index >= 15 is 0 Å². The second-order valence-electron chi connectivity index (χ2n) is 8.01. The maximum atomic E-state index is 12.7. The molecule has 0 fully saturated rings. The van der Waals surface area contributed by atoms with Crippen molar-refractivity contribution in [3.8, 4) is 0 Å². The quantitative estimate of drug-likeness (QED) is 0.125. The van der Waals surface area contributed by atoms with Crippen LogP contribution in [0.2, 0.25) is 0 Å². The zero-order valence-electron chi connectivity index (χ0n) is 19.1. The molecule has 0 saturated heterocycles. The number of rotatable bonds is 17. The summed E-state index contributed by atoms with van der Waals surface area (Å²) in [5, 5.41) is 26.3. The fourth-order valence-electron chi connectivity index (χ4n) is 2.85. The van der Waals surface area contributed by atoms with Crippen LogP contribution >= 0.6 is 11.8 Å². The van der Waals surface area contributed by atoms with Gasteiger partial charge < -0.3 is 37.6 Å². The van der Waals surface area contributed by atoms with Crippen molar-refractivity contribution in [1.82, 2.24) is 16.0 Å². The standard InChI is InChI=1S/C20H39N5O6S/c1-12(2)10-15(18(28)23-14(20(30)31)6-4-5-8-21)24-19(29)16(11-26)25-17(27)13(22)7-9-32-3/h12-16,26H,4-11,21-22H2,1-3H3,(H,23,28)(H,24,29)(H,25,27)(H,30,31). The van der Waals surface area contributed by atoms with Crippen molar-refractivity contribution in [1.29, 1.82) is 0 Å². The molecule has 3 amide bonds. The van der Waals surface area contributed by atoms with Gasteiger partial charge in [0, 0.05) is 0 Å². The highest BCUT2D eigenvalue weighted by Crippen LogP contribution is 2.08. The number of carboxylic acid groups (broad SMARTS) is 1. The molecule has 0 spiro atoms. The van der Waals surface area contributed by atoms with Crippen molar-refractivity contribution >= 4 is 35.5 Å². The van der Waals surface area contributed by atoms with E-state index in [2.05, 4.69) is 16.0 Å². The Kier molecular flexibility index (Phi) is 15.7. The Bertz CT molecular complexity index is 607. The molecule has 0 aromatic rings. The number of carboxylic acids is 1. The van der Waals surface area contributed by atoms with Gasteiger partial charge in [0.2, 0.25) is 17.7 Å². The van der Waals surface area contributed by atoms with E-state index in [1.54, 1.807) is 0 Å². The highest BCUT2D eigenvalue weighted by atomic mass is 32.2. The molecule has 0 heterocycles. The Morgan fingerprint density at radius 1 is 0.906 bits per heavy atom. The number of aliphatic hydroxyl groups is 1. The van der Waals surface area contributed by atoms with Gasteiger partial charge in [-0.05, 0) is 56.6 Å². The van der Waals surface area contributed by atoms with E-state index in [1.807, 2.05) is 20.1 Å². The van der Waals surface area contributed by atoms with E-state index in [9.17, 15) is 29.4 Å². The average Bonchev–Trinajstić information content (AvgIpc) is 2.73. The number of aliphatic carboxylic acids is 1. The second kappa shape index (κ2) is 16.7. The maximum absolute atomic E-state index is 12.7. The minimum Gasteiger partial charge on any atom is -0.480 e. The van der Waals surface area contributed by atoms with Crippen LogP contribution in [0.4, 0.5) is 0 Å². The molecule has 186 valence electrons. The van der Waals surface area contributed by atoms with Crippen molar-refractivity contribution in [3.63, 3.8) is 0 Å². The predicted molar refractivity (Wildman–Crippen MR) is 124 cm³/mol. The molecule has 0 aliphatic heterocycles. The number of hydrogen-bond acceptors (Lipinski definition) is 8. The van der Waals surface area contributed by atoms with E-state index in [0.29, 0.717) is 31.6 Å². The van der Waals surface area contributed by atoms with Crippen molar-refractivity contribution in [2.45, 2.75) is 70.1 Å². The Balaban J connectivity index is 5.16. The molecule has 0 aliphatic rings. The summed E-state index contributed by atoms with van der Waals surface area (Å²) in [7, 11) is 0. The summed E-state index contributed by atoms with van der Waals surface area (Å²) in [6, 6.07) is -4.26. The van der Waals surface area contributed by atoms with Gasteiger partial charge in [0.05, 0.1) is 12.6 Å². The highest BCUT2D eigenvalue weighted by Gasteiger charge is 2.30. The summed E-state index contributed by atoms with van der Waals surface area (Å²) in [6.07, 6.45) is 3.90. The first-order valence-electron chi connectivity index (χ1n) is 10.8. The summed E-state index contributed by atoms with van der Waals surface area (Å²) in [5.41, 5.74) is 11.2. The van der Waals surface area contributed by atoms with Crippen LogP contribution in [0.1, 0.15) is 46.0 Å². The third-order valence-corrected chi connectivity index (χ3v) is 5.33. The van der Waals surface area contributed by atoms with E-state index in [1.165, 1.54) is 11.8 Å². The lowest BCUT2D eigenvalue weighted by Crippen LogP contribution is -2.58. The Hall–Kier alpha value is -1.89. The van der Waals surface area contributed by atoms with Crippen LogP contribution in [0.25, 0.3) is 0 Å². The number of thioether (sulfide) groups is 1. The molecule has 11 nitrogen and oxygen atoms in total. The first kappa shape index (κ1) is 30.1. The number of unbranched alkanes of at least 4 members (excludes halogenated alkanes) is 1. The summed E-state index contributed by atoms with van der Waals surface area (Å²) >= 11 is 1.53. The van der Waals surface area contributed by atoms with E-state index < -0.39 is 54.5 Å². The molecule has 32 heavy (non-hydrogen) atoms. The van der Waals surface area contributed by atoms with Crippen molar-refractivity contribution in [3.05, 3.63) is 0 Å². The normalized spacial score (nSPS) is 14.8. The summed E-state index contributed by atoms with van der Waals surface area (Å²) in [4.78, 5) is 49.0. The van der Waals surface area contributed by atoms with Crippen molar-refractivity contribution < 1.29 is 29.4 Å². The molecule has 4 unspecified atom stereocenters. The highest BCUT2D eigenvalue weighted by molar-refractivity contribution is 7.98. The van der Waals surface area contributed by atoms with Crippen LogP contribution in [-0.4, -0.2) is 83.2 Å². The minimum absolute atomic E-state index is 0.00806. The van der Waals surface area contributed by atoms with Crippen LogP contribution < -0.4 is 27.4 Å². The van der Waals surface area contributed by atoms with Gasteiger partial charge in [-0.3, -0.25) is 14.4 Å². The number of nitrogens with two attached hydrogens (primary N) is 2. The lowest BCUT2D eigenvalue weighted by molar-refractivity contribution is -0.142. The summed E-state index contributed by atoms with van der Waals surface area (Å²) in [5.74, 6) is -2.49. The number of carbonyl (C=O) groups excluding carboxylic acids is 3. The molecule has 0 aromatic heterocycles. The SMILES string of the molecule is CSCCC(N)C(=O)NC(CO)C(=O)NC(CC(C)C)C(=O)NC(CCCCN)C(=O)O. The number of nitrogens with one attached hydrogen (secondary N) is 3. The molecule has 9 N–H and O–H groups in total. The first-order valence-corrected chi connectivity index (χ1v) is 12.2. The lowest BCUT2D eigenvalue weighted by atomic mass is 10.0. The molecule has 0 rings (SSSR count). The molecule has 0 bridgehead atoms. The molecule has 12 heteroatoms. The second-order valence-corrected chi connectivity index (χ2v) is 8.99. The molecular formula is C20H39N5O6S. The van der Waals surface area contributed by atoms with Crippen LogP contribution in [0.3, 0.4) is 0 Å². The van der Waals surface area contributed by atoms with Gasteiger partial charge in [-0.15, -0.1) is 0 Å². The Labute approximate surface area is 193 Å². The first-order chi connectivity index (χ1) is 15.1. The predicted octanol–water partition coefficient (Wildman–Crippen LogP) is -1.23. The van der Waals surface area contributed by atoms with Gasteiger partial charge in [-0.1, -0.05) is 13.8 Å². The molecular weight excluding hydrogens is 438 g/mol. The van der Waals surface area contributed by atoms with E-state index in [0.717, 1.165) is 0 Å². The Morgan fingerprint density at radius 2 is 1.47 bits per heavy atom. The van der Waals surface area contributed by atoms with Crippen molar-refractivity contribution in [2.75, 3.05) is 25.2 Å². The van der Waals surface area contributed by atoms with Gasteiger partial charge in [-0.25, -0.2) is 4.79 Å². The van der Waals surface area contributed by atoms with Gasteiger partial charge in [0.15, 0.2) is 0 Å². The van der Waals surface area contributed by atoms with Gasteiger partial charge in [0.25, 0.3) is 0 Å². The number of hydrogen-bond donors (Lipinski definition) is 7. The van der Waals surface area contributed by atoms with Gasteiger partial charge in [-0.2, -0.15) is 11.8 Å². The fraction of sp³-hybridized carbons (Fsp3) is 0.800. The monoisotopic (exact) mass is 477 g/mol. The molecule has 0 radical (unpaired) electrons. The number of aliphatic hydroxyl groups excluding tert-OH is 1. The minimum atomic E-state index is -1.29. The Morgan fingerprint density at radius 3 is 1.97 bits per heavy atom. The van der Waals surface area contributed by atoms with Crippen LogP contribution in [0.15, 0.2) is 0 Å². The van der Waals surface area contributed by atoms with Crippen molar-refractivity contribution in [2.24, 2.45) is 17.4 Å². The zero-order chi connectivity index (χ0) is 24.7. The topological polar surface area (TPSA) is 197 Å². The summed E-state index contributed by atoms with van der Waals surface area (Å²) in [6.45, 7) is 3.43. The lowest BCUT2D eigenvalue weighted by Gasteiger charge is -2.25. The smallest absolute Gasteiger partial charge is 0.326 e. The zero-order valence-corrected chi connectivity index (χ0v) is 20.0. The summed E-state index contributed by atoms with van der Waals surface area (Å²) < 4.78 is 0. The molecule has 0 saturated carbocycles. The van der Waals surface area contributed by atoms with Crippen LogP contribution in [0, 0.1) is 5.92 Å².